The molecule has 0 aliphatic carbocycles. The van der Waals surface area contributed by atoms with Crippen molar-refractivity contribution in [3.63, 3.8) is 0 Å². The maximum atomic E-state index is 6.04. The molecule has 0 saturated heterocycles. The molecule has 0 aliphatic heterocycles. The molecule has 1 aromatic heterocycles. The van der Waals surface area contributed by atoms with Gasteiger partial charge in [0.25, 0.3) is 0 Å². The lowest BCUT2D eigenvalue weighted by Crippen LogP contribution is -1.94. The van der Waals surface area contributed by atoms with E-state index < -0.39 is 0 Å². The van der Waals surface area contributed by atoms with Gasteiger partial charge in [-0.2, -0.15) is 0 Å². The summed E-state index contributed by atoms with van der Waals surface area (Å²) < 4.78 is 0. The van der Waals surface area contributed by atoms with E-state index in [0.717, 1.165) is 27.7 Å². The summed E-state index contributed by atoms with van der Waals surface area (Å²) in [6.07, 6.45) is 0. The third kappa shape index (κ3) is 1.64. The highest BCUT2D eigenvalue weighted by Crippen LogP contribution is 2.29. The van der Waals surface area contributed by atoms with Gasteiger partial charge in [0.15, 0.2) is 0 Å². The van der Waals surface area contributed by atoms with Crippen molar-refractivity contribution in [3.05, 3.63) is 47.7 Å². The summed E-state index contributed by atoms with van der Waals surface area (Å²) in [6.45, 7) is 7.83. The molecule has 0 atom stereocenters. The van der Waals surface area contributed by atoms with Crippen molar-refractivity contribution >= 4 is 27.5 Å². The van der Waals surface area contributed by atoms with Crippen LogP contribution in [-0.4, -0.2) is 4.98 Å². The van der Waals surface area contributed by atoms with E-state index in [0.29, 0.717) is 5.03 Å². The van der Waals surface area contributed by atoms with Crippen LogP contribution in [0.4, 0.5) is 0 Å². The Hall–Kier alpha value is -1.34. The van der Waals surface area contributed by atoms with Crippen LogP contribution in [0.25, 0.3) is 15.9 Å². The van der Waals surface area contributed by atoms with E-state index in [2.05, 4.69) is 11.6 Å². The summed E-state index contributed by atoms with van der Waals surface area (Å²) >= 11 is 6.04. The summed E-state index contributed by atoms with van der Waals surface area (Å²) in [5.74, 6) is 0. The van der Waals surface area contributed by atoms with Crippen LogP contribution < -0.4 is 0 Å². The fourth-order valence-corrected chi connectivity index (χ4v) is 2.02. The van der Waals surface area contributed by atoms with Crippen LogP contribution in [-0.2, 0) is 0 Å². The minimum Gasteiger partial charge on any atom is -0.253 e. The molecule has 2 heteroatoms. The number of aromatic nitrogens is 1. The Kier molecular flexibility index (Phi) is 2.49. The summed E-state index contributed by atoms with van der Waals surface area (Å²) in [4.78, 5) is 4.52. The van der Waals surface area contributed by atoms with Gasteiger partial charge >= 0.3 is 0 Å². The Morgan fingerprint density at radius 2 is 1.93 bits per heavy atom. The molecule has 1 aromatic carbocycles. The first-order valence-corrected chi connectivity index (χ1v) is 5.20. The molecule has 0 bridgehead atoms. The molecule has 0 unspecified atom stereocenters. The number of hydrogen-bond donors (Lipinski definition) is 0. The minimum atomic E-state index is 0.578. The first kappa shape index (κ1) is 10.2. The van der Waals surface area contributed by atoms with Gasteiger partial charge < -0.3 is 0 Å². The summed E-state index contributed by atoms with van der Waals surface area (Å²) in [7, 11) is 0. The molecule has 2 rings (SSSR count). The standard InChI is InChI=1S/C13H12ClN/c1-8-10(3)15-12-7-5-4-6-11(12)13(8)9(2)14/h4-7H,2H2,1,3H3. The van der Waals surface area contributed by atoms with Crippen LogP contribution in [0.1, 0.15) is 16.8 Å². The molecule has 0 radical (unpaired) electrons. The van der Waals surface area contributed by atoms with Crippen molar-refractivity contribution in [2.45, 2.75) is 13.8 Å². The molecular formula is C13H12ClN. The number of para-hydroxylation sites is 1. The first-order valence-electron chi connectivity index (χ1n) is 4.82. The Morgan fingerprint density at radius 1 is 1.27 bits per heavy atom. The van der Waals surface area contributed by atoms with Gasteiger partial charge in [0.2, 0.25) is 0 Å². The number of aryl methyl sites for hydroxylation is 1. The van der Waals surface area contributed by atoms with Gasteiger partial charge in [-0.25, -0.2) is 0 Å². The zero-order valence-corrected chi connectivity index (χ0v) is 9.60. The highest BCUT2D eigenvalue weighted by atomic mass is 35.5. The van der Waals surface area contributed by atoms with Crippen molar-refractivity contribution in [1.29, 1.82) is 0 Å². The molecule has 2 aromatic rings. The molecular weight excluding hydrogens is 206 g/mol. The third-order valence-electron chi connectivity index (χ3n) is 2.65. The van der Waals surface area contributed by atoms with Crippen molar-refractivity contribution in [1.82, 2.24) is 4.98 Å². The van der Waals surface area contributed by atoms with Crippen molar-refractivity contribution in [2.24, 2.45) is 0 Å². The lowest BCUT2D eigenvalue weighted by atomic mass is 10.0. The number of nitrogens with zero attached hydrogens (tertiary/aromatic N) is 1. The second-order valence-electron chi connectivity index (χ2n) is 3.62. The van der Waals surface area contributed by atoms with Gasteiger partial charge in [-0.05, 0) is 25.5 Å². The lowest BCUT2D eigenvalue weighted by molar-refractivity contribution is 1.19. The molecule has 15 heavy (non-hydrogen) atoms. The van der Waals surface area contributed by atoms with E-state index >= 15 is 0 Å². The highest BCUT2D eigenvalue weighted by molar-refractivity contribution is 6.49. The Morgan fingerprint density at radius 3 is 2.60 bits per heavy atom. The molecule has 0 spiro atoms. The van der Waals surface area contributed by atoms with Crippen LogP contribution in [0.3, 0.4) is 0 Å². The third-order valence-corrected chi connectivity index (χ3v) is 2.84. The van der Waals surface area contributed by atoms with Crippen LogP contribution in [0.2, 0.25) is 0 Å². The van der Waals surface area contributed by atoms with Gasteiger partial charge in [0.05, 0.1) is 5.52 Å². The average Bonchev–Trinajstić information content (AvgIpc) is 2.19. The van der Waals surface area contributed by atoms with Gasteiger partial charge in [-0.3, -0.25) is 4.98 Å². The molecule has 0 N–H and O–H groups in total. The average molecular weight is 218 g/mol. The number of hydrogen-bond acceptors (Lipinski definition) is 1. The molecule has 0 saturated carbocycles. The lowest BCUT2D eigenvalue weighted by Gasteiger charge is -2.10. The summed E-state index contributed by atoms with van der Waals surface area (Å²) in [5, 5.41) is 1.65. The normalized spacial score (nSPS) is 10.6. The number of benzene rings is 1. The zero-order valence-electron chi connectivity index (χ0n) is 8.84. The number of halogens is 1. The SMILES string of the molecule is C=C(Cl)c1c(C)c(C)nc2ccccc12. The minimum absolute atomic E-state index is 0.578. The molecule has 1 heterocycles. The molecule has 76 valence electrons. The highest BCUT2D eigenvalue weighted by Gasteiger charge is 2.09. The molecule has 1 nitrogen and oxygen atoms in total. The second-order valence-corrected chi connectivity index (χ2v) is 4.08. The van der Waals surface area contributed by atoms with E-state index in [4.69, 9.17) is 11.6 Å². The number of rotatable bonds is 1. The largest absolute Gasteiger partial charge is 0.253 e. The number of fused-ring (bicyclic) bond motifs is 1. The topological polar surface area (TPSA) is 12.9 Å². The van der Waals surface area contributed by atoms with Crippen LogP contribution in [0.15, 0.2) is 30.8 Å². The predicted octanol–water partition coefficient (Wildman–Crippen LogP) is 4.06. The zero-order chi connectivity index (χ0) is 11.0. The predicted molar refractivity (Wildman–Crippen MR) is 66.1 cm³/mol. The smallest absolute Gasteiger partial charge is 0.0711 e. The van der Waals surface area contributed by atoms with Gasteiger partial charge in [0, 0.05) is 21.7 Å². The Labute approximate surface area is 94.4 Å². The Bertz CT molecular complexity index is 543. The maximum Gasteiger partial charge on any atom is 0.0711 e. The molecule has 0 amide bonds. The van der Waals surface area contributed by atoms with Crippen molar-refractivity contribution in [2.75, 3.05) is 0 Å². The quantitative estimate of drug-likeness (QED) is 0.702. The molecule has 0 aliphatic rings. The van der Waals surface area contributed by atoms with Crippen molar-refractivity contribution in [3.8, 4) is 0 Å². The van der Waals surface area contributed by atoms with E-state index in [9.17, 15) is 0 Å². The van der Waals surface area contributed by atoms with E-state index in [1.807, 2.05) is 38.1 Å². The van der Waals surface area contributed by atoms with Crippen LogP contribution in [0, 0.1) is 13.8 Å². The van der Waals surface area contributed by atoms with E-state index in [1.54, 1.807) is 0 Å². The fourth-order valence-electron chi connectivity index (χ4n) is 1.78. The van der Waals surface area contributed by atoms with Crippen LogP contribution >= 0.6 is 11.6 Å². The number of pyridine rings is 1. The second kappa shape index (κ2) is 3.67. The van der Waals surface area contributed by atoms with Gasteiger partial charge in [-0.15, -0.1) is 0 Å². The van der Waals surface area contributed by atoms with Gasteiger partial charge in [-0.1, -0.05) is 36.4 Å². The molecule has 0 fully saturated rings. The van der Waals surface area contributed by atoms with Crippen LogP contribution in [0.5, 0.6) is 0 Å². The first-order chi connectivity index (χ1) is 7.11. The Balaban J connectivity index is 2.95. The summed E-state index contributed by atoms with van der Waals surface area (Å²) in [5.41, 5.74) is 4.09. The monoisotopic (exact) mass is 217 g/mol. The fraction of sp³-hybridized carbons (Fsp3) is 0.154. The van der Waals surface area contributed by atoms with Crippen molar-refractivity contribution < 1.29 is 0 Å². The van der Waals surface area contributed by atoms with Gasteiger partial charge in [0.1, 0.15) is 0 Å². The maximum absolute atomic E-state index is 6.04. The van der Waals surface area contributed by atoms with E-state index in [-0.39, 0.29) is 0 Å². The summed E-state index contributed by atoms with van der Waals surface area (Å²) in [6, 6.07) is 7.98. The van der Waals surface area contributed by atoms with E-state index in [1.165, 1.54) is 0 Å².